The van der Waals surface area contributed by atoms with Gasteiger partial charge in [-0.15, -0.1) is 0 Å². The molecule has 0 atom stereocenters. The van der Waals surface area contributed by atoms with Gasteiger partial charge in [0.2, 0.25) is 10.0 Å². The van der Waals surface area contributed by atoms with Crippen LogP contribution in [0.15, 0.2) is 29.2 Å². The Kier molecular flexibility index (Phi) is 5.97. The van der Waals surface area contributed by atoms with Crippen LogP contribution < -0.4 is 4.72 Å². The highest BCUT2D eigenvalue weighted by atomic mass is 32.2. The highest BCUT2D eigenvalue weighted by Gasteiger charge is 2.21. The number of nitrogens with one attached hydrogen (secondary N) is 1. The third kappa shape index (κ3) is 4.30. The van der Waals surface area contributed by atoms with Crippen LogP contribution in [0.25, 0.3) is 0 Å². The zero-order chi connectivity index (χ0) is 16.0. The van der Waals surface area contributed by atoms with Crippen LogP contribution in [0.4, 0.5) is 0 Å². The number of carbonyl (C=O) groups excluding carboxylic acids is 1. The van der Waals surface area contributed by atoms with Crippen molar-refractivity contribution in [3.63, 3.8) is 0 Å². The van der Waals surface area contributed by atoms with Crippen LogP contribution >= 0.6 is 0 Å². The molecule has 0 spiro atoms. The average Bonchev–Trinajstić information content (AvgIpc) is 3.05. The van der Waals surface area contributed by atoms with Gasteiger partial charge in [0, 0.05) is 25.2 Å². The van der Waals surface area contributed by atoms with E-state index in [2.05, 4.69) is 11.6 Å². The number of carbonyl (C=O) groups is 1. The number of benzene rings is 1. The Morgan fingerprint density at radius 2 is 1.95 bits per heavy atom. The van der Waals surface area contributed by atoms with Crippen LogP contribution in [0, 0.1) is 0 Å². The molecular weight excluding hydrogens is 300 g/mol. The number of rotatable bonds is 7. The van der Waals surface area contributed by atoms with Crippen molar-refractivity contribution in [2.75, 3.05) is 19.6 Å². The minimum absolute atomic E-state index is 0.0828. The number of nitrogens with zero attached hydrogens (tertiary/aromatic N) is 1. The first kappa shape index (κ1) is 17.0. The van der Waals surface area contributed by atoms with Gasteiger partial charge in [-0.05, 0) is 37.5 Å². The highest BCUT2D eigenvalue weighted by molar-refractivity contribution is 7.89. The second kappa shape index (κ2) is 7.74. The maximum Gasteiger partial charge on any atom is 0.253 e. The molecule has 0 aliphatic carbocycles. The van der Waals surface area contributed by atoms with Crippen molar-refractivity contribution in [1.82, 2.24) is 9.62 Å². The van der Waals surface area contributed by atoms with Gasteiger partial charge in [-0.3, -0.25) is 4.79 Å². The van der Waals surface area contributed by atoms with E-state index in [1.807, 2.05) is 0 Å². The number of sulfonamides is 1. The van der Waals surface area contributed by atoms with Crippen molar-refractivity contribution in [3.05, 3.63) is 29.8 Å². The summed E-state index contributed by atoms with van der Waals surface area (Å²) in [6.45, 7) is 4.01. The molecule has 1 heterocycles. The molecule has 1 aliphatic heterocycles. The molecule has 0 radical (unpaired) electrons. The van der Waals surface area contributed by atoms with Crippen molar-refractivity contribution in [2.45, 2.75) is 43.9 Å². The SMILES string of the molecule is CCCCCNS(=O)(=O)c1cccc(C(=O)N2CCCC2)c1. The molecule has 1 aromatic rings. The lowest BCUT2D eigenvalue weighted by Crippen LogP contribution is -2.28. The molecule has 1 saturated heterocycles. The van der Waals surface area contributed by atoms with Gasteiger partial charge in [0.15, 0.2) is 0 Å². The minimum Gasteiger partial charge on any atom is -0.339 e. The Morgan fingerprint density at radius 1 is 1.23 bits per heavy atom. The maximum absolute atomic E-state index is 12.3. The molecule has 0 saturated carbocycles. The van der Waals surface area contributed by atoms with Crippen molar-refractivity contribution in [3.8, 4) is 0 Å². The average molecular weight is 324 g/mol. The molecule has 1 N–H and O–H groups in total. The van der Waals surface area contributed by atoms with E-state index in [0.29, 0.717) is 12.1 Å². The third-order valence-corrected chi connectivity index (χ3v) is 5.32. The molecule has 1 aliphatic rings. The molecule has 0 unspecified atom stereocenters. The maximum atomic E-state index is 12.3. The Labute approximate surface area is 132 Å². The van der Waals surface area contributed by atoms with Gasteiger partial charge < -0.3 is 4.90 Å². The van der Waals surface area contributed by atoms with Crippen molar-refractivity contribution < 1.29 is 13.2 Å². The third-order valence-electron chi connectivity index (χ3n) is 3.86. The van der Waals surface area contributed by atoms with E-state index in [0.717, 1.165) is 45.2 Å². The van der Waals surface area contributed by atoms with Crippen molar-refractivity contribution in [2.24, 2.45) is 0 Å². The number of unbranched alkanes of at least 4 members (excludes halogenated alkanes) is 2. The predicted molar refractivity (Wildman–Crippen MR) is 86.3 cm³/mol. The molecule has 22 heavy (non-hydrogen) atoms. The lowest BCUT2D eigenvalue weighted by Gasteiger charge is -2.15. The smallest absolute Gasteiger partial charge is 0.253 e. The Hall–Kier alpha value is -1.40. The largest absolute Gasteiger partial charge is 0.339 e. The van der Waals surface area contributed by atoms with Crippen molar-refractivity contribution in [1.29, 1.82) is 0 Å². The lowest BCUT2D eigenvalue weighted by atomic mass is 10.2. The van der Waals surface area contributed by atoms with Gasteiger partial charge >= 0.3 is 0 Å². The Bertz CT molecular complexity index is 608. The standard InChI is InChI=1S/C16H24N2O3S/c1-2-3-4-10-17-22(20,21)15-9-7-8-14(13-15)16(19)18-11-5-6-12-18/h7-9,13,17H,2-6,10-12H2,1H3. The van der Waals surface area contributed by atoms with Gasteiger partial charge in [0.05, 0.1) is 4.90 Å². The number of hydrogen-bond acceptors (Lipinski definition) is 3. The van der Waals surface area contributed by atoms with Crippen LogP contribution in [0.1, 0.15) is 49.4 Å². The van der Waals surface area contributed by atoms with Crippen LogP contribution in [0.3, 0.4) is 0 Å². The van der Waals surface area contributed by atoms with Gasteiger partial charge in [-0.1, -0.05) is 25.8 Å². The quantitative estimate of drug-likeness (QED) is 0.783. The fourth-order valence-electron chi connectivity index (χ4n) is 2.56. The van der Waals surface area contributed by atoms with Gasteiger partial charge in [-0.25, -0.2) is 13.1 Å². The molecule has 1 aromatic carbocycles. The molecule has 6 heteroatoms. The number of hydrogen-bond donors (Lipinski definition) is 1. The normalized spacial score (nSPS) is 15.2. The van der Waals surface area contributed by atoms with E-state index in [1.54, 1.807) is 17.0 Å². The summed E-state index contributed by atoms with van der Waals surface area (Å²) < 4.78 is 27.1. The monoisotopic (exact) mass is 324 g/mol. The van der Waals surface area contributed by atoms with Crippen molar-refractivity contribution >= 4 is 15.9 Å². The summed E-state index contributed by atoms with van der Waals surface area (Å²) in [6.07, 6.45) is 4.89. The summed E-state index contributed by atoms with van der Waals surface area (Å²) in [4.78, 5) is 14.3. The number of amides is 1. The van der Waals surface area contributed by atoms with Gasteiger partial charge in [0.25, 0.3) is 5.91 Å². The van der Waals surface area contributed by atoms with E-state index in [-0.39, 0.29) is 10.8 Å². The van der Waals surface area contributed by atoms with E-state index >= 15 is 0 Å². The molecule has 0 bridgehead atoms. The second-order valence-electron chi connectivity index (χ2n) is 5.63. The predicted octanol–water partition coefficient (Wildman–Crippen LogP) is 2.39. The topological polar surface area (TPSA) is 66.5 Å². The first-order valence-electron chi connectivity index (χ1n) is 7.93. The fourth-order valence-corrected chi connectivity index (χ4v) is 3.68. The zero-order valence-electron chi connectivity index (χ0n) is 13.0. The number of likely N-dealkylation sites (tertiary alicyclic amines) is 1. The summed E-state index contributed by atoms with van der Waals surface area (Å²) in [5.74, 6) is -0.0828. The summed E-state index contributed by atoms with van der Waals surface area (Å²) in [7, 11) is -3.54. The van der Waals surface area contributed by atoms with Crippen LogP contribution in [0.5, 0.6) is 0 Å². The zero-order valence-corrected chi connectivity index (χ0v) is 13.9. The second-order valence-corrected chi connectivity index (χ2v) is 7.40. The van der Waals surface area contributed by atoms with E-state index in [1.165, 1.54) is 12.1 Å². The molecule has 122 valence electrons. The summed E-state index contributed by atoms with van der Waals surface area (Å²) >= 11 is 0. The first-order valence-corrected chi connectivity index (χ1v) is 9.42. The van der Waals surface area contributed by atoms with Crippen LogP contribution in [-0.4, -0.2) is 38.9 Å². The minimum atomic E-state index is -3.54. The molecule has 1 fully saturated rings. The molecule has 0 aromatic heterocycles. The van der Waals surface area contributed by atoms with Gasteiger partial charge in [-0.2, -0.15) is 0 Å². The van der Waals surface area contributed by atoms with E-state index in [4.69, 9.17) is 0 Å². The summed E-state index contributed by atoms with van der Waals surface area (Å²) in [6, 6.07) is 6.31. The Morgan fingerprint density at radius 3 is 2.64 bits per heavy atom. The summed E-state index contributed by atoms with van der Waals surface area (Å²) in [5, 5.41) is 0. The first-order chi connectivity index (χ1) is 10.5. The van der Waals surface area contributed by atoms with Crippen LogP contribution in [0.2, 0.25) is 0 Å². The molecule has 5 nitrogen and oxygen atoms in total. The van der Waals surface area contributed by atoms with Gasteiger partial charge in [0.1, 0.15) is 0 Å². The lowest BCUT2D eigenvalue weighted by molar-refractivity contribution is 0.0792. The highest BCUT2D eigenvalue weighted by Crippen LogP contribution is 2.16. The molecule has 1 amide bonds. The van der Waals surface area contributed by atoms with E-state index < -0.39 is 10.0 Å². The molecular formula is C16H24N2O3S. The molecule has 2 rings (SSSR count). The van der Waals surface area contributed by atoms with Crippen LogP contribution in [-0.2, 0) is 10.0 Å². The summed E-state index contributed by atoms with van der Waals surface area (Å²) in [5.41, 5.74) is 0.443. The van der Waals surface area contributed by atoms with E-state index in [9.17, 15) is 13.2 Å². The Balaban J connectivity index is 2.08. The fraction of sp³-hybridized carbons (Fsp3) is 0.562.